The SMILES string of the molecule is C[C@H]1C[C@H](N)CN(Cc2ccc3c(c2)C(=O)N(C2CCC(=O)NC2=O)C3)C1. The Morgan fingerprint density at radius 3 is 2.78 bits per heavy atom. The van der Waals surface area contributed by atoms with Crippen molar-refractivity contribution >= 4 is 17.7 Å². The van der Waals surface area contributed by atoms with E-state index in [4.69, 9.17) is 5.73 Å². The Labute approximate surface area is 158 Å². The normalized spacial score (nSPS) is 29.0. The van der Waals surface area contributed by atoms with Crippen molar-refractivity contribution in [3.8, 4) is 0 Å². The van der Waals surface area contributed by atoms with Gasteiger partial charge in [-0.05, 0) is 36.0 Å². The summed E-state index contributed by atoms with van der Waals surface area (Å²) in [6, 6.07) is 5.64. The number of rotatable bonds is 3. The van der Waals surface area contributed by atoms with Crippen LogP contribution >= 0.6 is 0 Å². The lowest BCUT2D eigenvalue weighted by Crippen LogP contribution is -2.52. The zero-order chi connectivity index (χ0) is 19.1. The van der Waals surface area contributed by atoms with E-state index in [1.165, 1.54) is 0 Å². The summed E-state index contributed by atoms with van der Waals surface area (Å²) in [4.78, 5) is 40.3. The fraction of sp³-hybridized carbons (Fsp3) is 0.550. The van der Waals surface area contributed by atoms with Crippen LogP contribution in [0.15, 0.2) is 18.2 Å². The van der Waals surface area contributed by atoms with Gasteiger partial charge in [0.15, 0.2) is 0 Å². The molecule has 1 aromatic carbocycles. The molecular weight excluding hydrogens is 344 g/mol. The summed E-state index contributed by atoms with van der Waals surface area (Å²) in [7, 11) is 0. The number of carbonyl (C=O) groups excluding carboxylic acids is 3. The molecule has 0 bridgehead atoms. The number of fused-ring (bicyclic) bond motifs is 1. The van der Waals surface area contributed by atoms with Gasteiger partial charge in [0, 0.05) is 44.2 Å². The van der Waals surface area contributed by atoms with Gasteiger partial charge in [-0.3, -0.25) is 24.6 Å². The van der Waals surface area contributed by atoms with Gasteiger partial charge in [-0.15, -0.1) is 0 Å². The van der Waals surface area contributed by atoms with Crippen LogP contribution in [0.5, 0.6) is 0 Å². The average molecular weight is 370 g/mol. The summed E-state index contributed by atoms with van der Waals surface area (Å²) < 4.78 is 0. The topological polar surface area (TPSA) is 95.7 Å². The molecule has 3 amide bonds. The lowest BCUT2D eigenvalue weighted by molar-refractivity contribution is -0.136. The Morgan fingerprint density at radius 1 is 1.22 bits per heavy atom. The number of piperidine rings is 2. The lowest BCUT2D eigenvalue weighted by atomic mass is 9.96. The van der Waals surface area contributed by atoms with Gasteiger partial charge in [-0.1, -0.05) is 19.1 Å². The predicted octanol–water partition coefficient (Wildman–Crippen LogP) is 0.617. The fourth-order valence-corrected chi connectivity index (χ4v) is 4.60. The zero-order valence-corrected chi connectivity index (χ0v) is 15.6. The number of imide groups is 1. The molecule has 3 heterocycles. The second-order valence-corrected chi connectivity index (χ2v) is 8.19. The van der Waals surface area contributed by atoms with E-state index in [1.54, 1.807) is 4.90 Å². The van der Waals surface area contributed by atoms with E-state index >= 15 is 0 Å². The number of hydrogen-bond acceptors (Lipinski definition) is 5. The summed E-state index contributed by atoms with van der Waals surface area (Å²) in [6.45, 7) is 5.30. The minimum Gasteiger partial charge on any atom is -0.327 e. The van der Waals surface area contributed by atoms with Crippen molar-refractivity contribution in [3.63, 3.8) is 0 Å². The van der Waals surface area contributed by atoms with Crippen LogP contribution in [-0.2, 0) is 22.7 Å². The third-order valence-corrected chi connectivity index (χ3v) is 5.77. The summed E-state index contributed by atoms with van der Waals surface area (Å²) >= 11 is 0. The second kappa shape index (κ2) is 7.05. The van der Waals surface area contributed by atoms with Crippen LogP contribution in [0.1, 0.15) is 47.7 Å². The van der Waals surface area contributed by atoms with E-state index in [1.807, 2.05) is 12.1 Å². The molecule has 7 heteroatoms. The first-order valence-electron chi connectivity index (χ1n) is 9.65. The van der Waals surface area contributed by atoms with E-state index in [0.717, 1.165) is 37.2 Å². The number of benzene rings is 1. The van der Waals surface area contributed by atoms with Gasteiger partial charge in [-0.2, -0.15) is 0 Å². The molecule has 3 aliphatic heterocycles. The standard InChI is InChI=1S/C20H26N4O3/c1-12-6-15(21)11-23(8-12)9-13-2-3-14-10-24(20(27)16(14)7-13)17-4-5-18(25)22-19(17)26/h2-3,7,12,15,17H,4-6,8-11,21H2,1H3,(H,22,25,26)/t12-,15-,17?/m0/s1. The Kier molecular flexibility index (Phi) is 4.74. The second-order valence-electron chi connectivity index (χ2n) is 8.19. The highest BCUT2D eigenvalue weighted by Gasteiger charge is 2.39. The van der Waals surface area contributed by atoms with Crippen molar-refractivity contribution in [1.82, 2.24) is 15.1 Å². The first-order chi connectivity index (χ1) is 12.9. The largest absolute Gasteiger partial charge is 0.327 e. The third kappa shape index (κ3) is 3.61. The van der Waals surface area contributed by atoms with Crippen molar-refractivity contribution in [2.45, 2.75) is 51.4 Å². The van der Waals surface area contributed by atoms with Crippen LogP contribution in [0.2, 0.25) is 0 Å². The van der Waals surface area contributed by atoms with Gasteiger partial charge in [0.2, 0.25) is 11.8 Å². The van der Waals surface area contributed by atoms with Crippen molar-refractivity contribution in [3.05, 3.63) is 34.9 Å². The molecule has 1 aromatic rings. The van der Waals surface area contributed by atoms with Crippen molar-refractivity contribution < 1.29 is 14.4 Å². The molecule has 27 heavy (non-hydrogen) atoms. The average Bonchev–Trinajstić information content (AvgIpc) is 2.90. The summed E-state index contributed by atoms with van der Waals surface area (Å²) in [5.74, 6) is -0.182. The molecule has 7 nitrogen and oxygen atoms in total. The lowest BCUT2D eigenvalue weighted by Gasteiger charge is -2.34. The zero-order valence-electron chi connectivity index (χ0n) is 15.6. The van der Waals surface area contributed by atoms with E-state index in [9.17, 15) is 14.4 Å². The Morgan fingerprint density at radius 2 is 2.04 bits per heavy atom. The molecule has 2 saturated heterocycles. The predicted molar refractivity (Wildman–Crippen MR) is 99.5 cm³/mol. The quantitative estimate of drug-likeness (QED) is 0.761. The first kappa shape index (κ1) is 18.1. The van der Waals surface area contributed by atoms with Gasteiger partial charge in [0.1, 0.15) is 6.04 Å². The summed E-state index contributed by atoms with van der Waals surface area (Å²) in [5.41, 5.74) is 8.85. The number of likely N-dealkylation sites (tertiary alicyclic amines) is 1. The maximum absolute atomic E-state index is 12.9. The van der Waals surface area contributed by atoms with Crippen LogP contribution in [0, 0.1) is 5.92 Å². The maximum atomic E-state index is 12.9. The van der Waals surface area contributed by atoms with Crippen LogP contribution in [0.25, 0.3) is 0 Å². The number of hydrogen-bond donors (Lipinski definition) is 2. The monoisotopic (exact) mass is 370 g/mol. The number of carbonyl (C=O) groups is 3. The minimum atomic E-state index is -0.563. The number of nitrogens with one attached hydrogen (secondary N) is 1. The molecule has 0 saturated carbocycles. The minimum absolute atomic E-state index is 0.120. The van der Waals surface area contributed by atoms with Crippen LogP contribution in [0.3, 0.4) is 0 Å². The molecule has 3 N–H and O–H groups in total. The molecule has 4 rings (SSSR count). The van der Waals surface area contributed by atoms with Gasteiger partial charge in [-0.25, -0.2) is 0 Å². The van der Waals surface area contributed by atoms with Crippen molar-refractivity contribution in [1.29, 1.82) is 0 Å². The molecule has 0 aromatic heterocycles. The molecule has 0 radical (unpaired) electrons. The molecule has 0 spiro atoms. The van der Waals surface area contributed by atoms with Crippen molar-refractivity contribution in [2.24, 2.45) is 11.7 Å². The van der Waals surface area contributed by atoms with Crippen LogP contribution in [-0.4, -0.2) is 52.7 Å². The molecule has 1 unspecified atom stereocenters. The molecule has 3 aliphatic rings. The van der Waals surface area contributed by atoms with Crippen LogP contribution in [0.4, 0.5) is 0 Å². The smallest absolute Gasteiger partial charge is 0.255 e. The Hall–Kier alpha value is -2.25. The van der Waals surface area contributed by atoms with Gasteiger partial charge >= 0.3 is 0 Å². The highest BCUT2D eigenvalue weighted by Crippen LogP contribution is 2.29. The highest BCUT2D eigenvalue weighted by atomic mass is 16.2. The van der Waals surface area contributed by atoms with Gasteiger partial charge in [0.25, 0.3) is 5.91 Å². The Balaban J connectivity index is 1.48. The van der Waals surface area contributed by atoms with E-state index in [2.05, 4.69) is 23.2 Å². The number of amides is 3. The third-order valence-electron chi connectivity index (χ3n) is 5.77. The van der Waals surface area contributed by atoms with Gasteiger partial charge < -0.3 is 10.6 Å². The highest BCUT2D eigenvalue weighted by molar-refractivity contribution is 6.05. The molecule has 144 valence electrons. The van der Waals surface area contributed by atoms with Crippen LogP contribution < -0.4 is 11.1 Å². The molecular formula is C20H26N4O3. The molecule has 0 aliphatic carbocycles. The maximum Gasteiger partial charge on any atom is 0.255 e. The first-order valence-corrected chi connectivity index (χ1v) is 9.65. The van der Waals surface area contributed by atoms with Crippen molar-refractivity contribution in [2.75, 3.05) is 13.1 Å². The summed E-state index contributed by atoms with van der Waals surface area (Å²) in [5, 5.41) is 2.34. The number of nitrogens with two attached hydrogens (primary N) is 1. The van der Waals surface area contributed by atoms with Gasteiger partial charge in [0.05, 0.1) is 0 Å². The van der Waals surface area contributed by atoms with E-state index < -0.39 is 6.04 Å². The summed E-state index contributed by atoms with van der Waals surface area (Å²) in [6.07, 6.45) is 1.72. The fourth-order valence-electron chi connectivity index (χ4n) is 4.60. The molecule has 3 atom stereocenters. The molecule has 2 fully saturated rings. The van der Waals surface area contributed by atoms with E-state index in [0.29, 0.717) is 24.4 Å². The Bertz CT molecular complexity index is 783. The number of nitrogens with zero attached hydrogens (tertiary/aromatic N) is 2. The van der Waals surface area contributed by atoms with E-state index in [-0.39, 0.29) is 30.2 Å².